The predicted octanol–water partition coefficient (Wildman–Crippen LogP) is 4.18. The van der Waals surface area contributed by atoms with Gasteiger partial charge in [-0.05, 0) is 93.1 Å². The van der Waals surface area contributed by atoms with E-state index in [2.05, 4.69) is 11.4 Å². The molecule has 0 saturated heterocycles. The SMILES string of the molecule is O=C(NC1C2CC3CC(C2)CC1C3)c1cc2c(s1)CCCC2. The summed E-state index contributed by atoms with van der Waals surface area (Å²) >= 11 is 1.76. The van der Waals surface area contributed by atoms with Crippen molar-refractivity contribution < 1.29 is 4.79 Å². The van der Waals surface area contributed by atoms with Gasteiger partial charge in [0.2, 0.25) is 0 Å². The molecule has 22 heavy (non-hydrogen) atoms. The molecular weight excluding hydrogens is 290 g/mol. The number of rotatable bonds is 2. The van der Waals surface area contributed by atoms with Gasteiger partial charge < -0.3 is 5.32 Å². The van der Waals surface area contributed by atoms with E-state index in [0.29, 0.717) is 6.04 Å². The lowest BCUT2D eigenvalue weighted by Gasteiger charge is -2.54. The van der Waals surface area contributed by atoms with Gasteiger partial charge in [0.15, 0.2) is 0 Å². The van der Waals surface area contributed by atoms with Crippen molar-refractivity contribution in [1.29, 1.82) is 0 Å². The van der Waals surface area contributed by atoms with E-state index in [4.69, 9.17) is 0 Å². The van der Waals surface area contributed by atoms with E-state index in [1.54, 1.807) is 11.3 Å². The molecule has 0 aliphatic heterocycles. The highest BCUT2D eigenvalue weighted by Gasteiger charge is 2.48. The van der Waals surface area contributed by atoms with Crippen molar-refractivity contribution in [2.75, 3.05) is 0 Å². The lowest BCUT2D eigenvalue weighted by Crippen LogP contribution is -2.55. The molecule has 0 atom stereocenters. The minimum atomic E-state index is 0.219. The highest BCUT2D eigenvalue weighted by Crippen LogP contribution is 2.53. The fraction of sp³-hybridized carbons (Fsp3) is 0.737. The number of fused-ring (bicyclic) bond motifs is 1. The van der Waals surface area contributed by atoms with Crippen molar-refractivity contribution in [1.82, 2.24) is 5.32 Å². The molecule has 4 bridgehead atoms. The first kappa shape index (κ1) is 13.6. The zero-order valence-electron chi connectivity index (χ0n) is 13.1. The summed E-state index contributed by atoms with van der Waals surface area (Å²) in [5.41, 5.74) is 1.45. The molecule has 1 N–H and O–H groups in total. The molecule has 0 unspecified atom stereocenters. The van der Waals surface area contributed by atoms with Crippen LogP contribution in [0.4, 0.5) is 0 Å². The van der Waals surface area contributed by atoms with Crippen LogP contribution in [0.3, 0.4) is 0 Å². The van der Waals surface area contributed by atoms with E-state index in [1.807, 2.05) is 0 Å². The number of amides is 1. The first-order valence-corrected chi connectivity index (χ1v) is 10.0. The molecule has 6 rings (SSSR count). The van der Waals surface area contributed by atoms with Crippen LogP contribution in [0.2, 0.25) is 0 Å². The Morgan fingerprint density at radius 2 is 1.68 bits per heavy atom. The van der Waals surface area contributed by atoms with Crippen molar-refractivity contribution in [3.8, 4) is 0 Å². The molecule has 2 nitrogen and oxygen atoms in total. The van der Waals surface area contributed by atoms with Crippen molar-refractivity contribution in [2.45, 2.75) is 63.8 Å². The summed E-state index contributed by atoms with van der Waals surface area (Å²) in [5.74, 6) is 3.72. The Bertz CT molecular complexity index is 553. The van der Waals surface area contributed by atoms with Gasteiger partial charge in [-0.25, -0.2) is 0 Å². The van der Waals surface area contributed by atoms with Crippen LogP contribution in [0.1, 0.15) is 65.1 Å². The van der Waals surface area contributed by atoms with Crippen molar-refractivity contribution >= 4 is 17.2 Å². The minimum Gasteiger partial charge on any atom is -0.348 e. The van der Waals surface area contributed by atoms with Gasteiger partial charge in [0.25, 0.3) is 5.91 Å². The third-order valence-corrected chi connectivity index (χ3v) is 7.98. The van der Waals surface area contributed by atoms with Crippen LogP contribution in [0.15, 0.2) is 6.07 Å². The van der Waals surface area contributed by atoms with E-state index in [9.17, 15) is 4.79 Å². The summed E-state index contributed by atoms with van der Waals surface area (Å²) in [6.07, 6.45) is 11.9. The molecule has 118 valence electrons. The maximum Gasteiger partial charge on any atom is 0.261 e. The summed E-state index contributed by atoms with van der Waals surface area (Å²) in [5, 5.41) is 3.46. The average Bonchev–Trinajstić information content (AvgIpc) is 2.94. The number of thiophene rings is 1. The summed E-state index contributed by atoms with van der Waals surface area (Å²) in [4.78, 5) is 15.2. The molecule has 1 aromatic heterocycles. The second kappa shape index (κ2) is 5.09. The fourth-order valence-electron chi connectivity index (χ4n) is 5.99. The van der Waals surface area contributed by atoms with Crippen LogP contribution in [0.5, 0.6) is 0 Å². The third kappa shape index (κ3) is 2.16. The summed E-state index contributed by atoms with van der Waals surface area (Å²) < 4.78 is 0. The van der Waals surface area contributed by atoms with E-state index in [-0.39, 0.29) is 5.91 Å². The van der Waals surface area contributed by atoms with Gasteiger partial charge >= 0.3 is 0 Å². The fourth-order valence-corrected chi connectivity index (χ4v) is 7.14. The monoisotopic (exact) mass is 315 g/mol. The molecular formula is C19H25NOS. The Morgan fingerprint density at radius 1 is 1.00 bits per heavy atom. The quantitative estimate of drug-likeness (QED) is 0.871. The number of carbonyl (C=O) groups excluding carboxylic acids is 1. The largest absolute Gasteiger partial charge is 0.348 e. The van der Waals surface area contributed by atoms with Gasteiger partial charge in [0.1, 0.15) is 0 Å². The van der Waals surface area contributed by atoms with E-state index in [0.717, 1.165) is 28.5 Å². The molecule has 5 aliphatic rings. The van der Waals surface area contributed by atoms with Crippen LogP contribution in [0, 0.1) is 23.7 Å². The molecule has 0 radical (unpaired) electrons. The molecule has 0 aromatic carbocycles. The molecule has 5 aliphatic carbocycles. The van der Waals surface area contributed by atoms with Crippen molar-refractivity contribution in [2.24, 2.45) is 23.7 Å². The van der Waals surface area contributed by atoms with Gasteiger partial charge in [0, 0.05) is 10.9 Å². The minimum absolute atomic E-state index is 0.219. The van der Waals surface area contributed by atoms with E-state index in [1.165, 1.54) is 68.2 Å². The molecule has 1 heterocycles. The van der Waals surface area contributed by atoms with Crippen LogP contribution in [-0.4, -0.2) is 11.9 Å². The Hall–Kier alpha value is -0.830. The van der Waals surface area contributed by atoms with Gasteiger partial charge in [-0.1, -0.05) is 0 Å². The van der Waals surface area contributed by atoms with Crippen LogP contribution >= 0.6 is 11.3 Å². The number of nitrogens with one attached hydrogen (secondary N) is 1. The second-order valence-corrected chi connectivity index (χ2v) is 9.33. The molecule has 4 fully saturated rings. The molecule has 1 amide bonds. The van der Waals surface area contributed by atoms with Crippen molar-refractivity contribution in [3.05, 3.63) is 21.4 Å². The van der Waals surface area contributed by atoms with Crippen LogP contribution < -0.4 is 5.32 Å². The number of hydrogen-bond acceptors (Lipinski definition) is 2. The topological polar surface area (TPSA) is 29.1 Å². The number of carbonyl (C=O) groups is 1. The molecule has 3 heteroatoms. The first-order chi connectivity index (χ1) is 10.8. The maximum atomic E-state index is 12.8. The Morgan fingerprint density at radius 3 is 2.36 bits per heavy atom. The van der Waals surface area contributed by atoms with Crippen LogP contribution in [-0.2, 0) is 12.8 Å². The zero-order valence-corrected chi connectivity index (χ0v) is 14.0. The third-order valence-electron chi connectivity index (χ3n) is 6.74. The predicted molar refractivity (Wildman–Crippen MR) is 89.3 cm³/mol. The van der Waals surface area contributed by atoms with Gasteiger partial charge in [-0.3, -0.25) is 4.79 Å². The highest BCUT2D eigenvalue weighted by atomic mass is 32.1. The summed E-state index contributed by atoms with van der Waals surface area (Å²) in [7, 11) is 0. The molecule has 0 spiro atoms. The molecule has 1 aromatic rings. The smallest absolute Gasteiger partial charge is 0.261 e. The summed E-state index contributed by atoms with van der Waals surface area (Å²) in [6, 6.07) is 2.66. The normalized spacial score (nSPS) is 38.8. The standard InChI is InChI=1S/C19H25NOS/c21-19(17-10-13-3-1-2-4-16(13)22-17)20-18-14-6-11-5-12(8-14)9-15(18)7-11/h10-12,14-15,18H,1-9H2,(H,20,21). The first-order valence-electron chi connectivity index (χ1n) is 9.18. The van der Waals surface area contributed by atoms with E-state index >= 15 is 0 Å². The average molecular weight is 315 g/mol. The Balaban J connectivity index is 1.33. The van der Waals surface area contributed by atoms with Gasteiger partial charge in [-0.15, -0.1) is 11.3 Å². The zero-order chi connectivity index (χ0) is 14.7. The summed E-state index contributed by atoms with van der Waals surface area (Å²) in [6.45, 7) is 0. The van der Waals surface area contributed by atoms with Crippen molar-refractivity contribution in [3.63, 3.8) is 0 Å². The molecule has 4 saturated carbocycles. The highest BCUT2D eigenvalue weighted by molar-refractivity contribution is 7.14. The number of aryl methyl sites for hydroxylation is 2. The Kier molecular flexibility index (Phi) is 3.14. The van der Waals surface area contributed by atoms with Crippen LogP contribution in [0.25, 0.3) is 0 Å². The van der Waals surface area contributed by atoms with E-state index < -0.39 is 0 Å². The maximum absolute atomic E-state index is 12.8. The second-order valence-electron chi connectivity index (χ2n) is 8.20. The van der Waals surface area contributed by atoms with Gasteiger partial charge in [0.05, 0.1) is 4.88 Å². The number of hydrogen-bond donors (Lipinski definition) is 1. The van der Waals surface area contributed by atoms with Gasteiger partial charge in [-0.2, -0.15) is 0 Å². The Labute approximate surface area is 136 Å². The lowest BCUT2D eigenvalue weighted by atomic mass is 9.54. The lowest BCUT2D eigenvalue weighted by molar-refractivity contribution is -0.0119.